The lowest BCUT2D eigenvalue weighted by Gasteiger charge is -2.05. The van der Waals surface area contributed by atoms with E-state index in [-0.39, 0.29) is 5.91 Å². The van der Waals surface area contributed by atoms with E-state index in [9.17, 15) is 4.79 Å². The highest BCUT2D eigenvalue weighted by atomic mass is 32.1. The van der Waals surface area contributed by atoms with Gasteiger partial charge in [-0.25, -0.2) is 0 Å². The van der Waals surface area contributed by atoms with Crippen LogP contribution in [0.4, 0.5) is 11.4 Å². The van der Waals surface area contributed by atoms with Crippen molar-refractivity contribution >= 4 is 49.6 Å². The predicted molar refractivity (Wildman–Crippen MR) is 134 cm³/mol. The fourth-order valence-corrected chi connectivity index (χ4v) is 4.84. The second-order valence-corrected chi connectivity index (χ2v) is 8.89. The minimum Gasteiger partial charge on any atom is -0.397 e. The molecule has 160 valence electrons. The van der Waals surface area contributed by atoms with Crippen LogP contribution in [0.3, 0.4) is 0 Å². The van der Waals surface area contributed by atoms with Crippen LogP contribution in [0, 0.1) is 0 Å². The van der Waals surface area contributed by atoms with Gasteiger partial charge in [0.2, 0.25) is 0 Å². The van der Waals surface area contributed by atoms with Gasteiger partial charge in [0.25, 0.3) is 5.91 Å². The van der Waals surface area contributed by atoms with Gasteiger partial charge < -0.3 is 21.4 Å². The van der Waals surface area contributed by atoms with Crippen molar-refractivity contribution in [2.24, 2.45) is 0 Å². The first-order valence-corrected chi connectivity index (χ1v) is 11.4. The standard InChI is InChI=1S/C26H24N4OS/c27-21-6-2-4-8-23(21)30-26(31)25-14-19-13-17(9-10-24(19)32-25)15-28-12-11-18-16-29-22-7-3-1-5-20(18)22/h1-10,13-14,16,28-29H,11-12,15,27H2,(H,30,31). The van der Waals surface area contributed by atoms with E-state index in [0.29, 0.717) is 16.3 Å². The van der Waals surface area contributed by atoms with E-state index < -0.39 is 0 Å². The summed E-state index contributed by atoms with van der Waals surface area (Å²) in [5, 5.41) is 8.81. The molecule has 32 heavy (non-hydrogen) atoms. The fourth-order valence-electron chi connectivity index (χ4n) is 3.90. The van der Waals surface area contributed by atoms with Gasteiger partial charge in [-0.1, -0.05) is 36.4 Å². The Bertz CT molecular complexity index is 1400. The average molecular weight is 441 g/mol. The molecule has 0 aliphatic heterocycles. The zero-order valence-electron chi connectivity index (χ0n) is 17.5. The number of anilines is 2. The number of H-pyrrole nitrogens is 1. The summed E-state index contributed by atoms with van der Waals surface area (Å²) in [5.74, 6) is -0.137. The van der Waals surface area contributed by atoms with E-state index >= 15 is 0 Å². The first-order valence-electron chi connectivity index (χ1n) is 10.6. The lowest BCUT2D eigenvalue weighted by atomic mass is 10.1. The molecule has 0 radical (unpaired) electrons. The molecule has 0 spiro atoms. The highest BCUT2D eigenvalue weighted by Gasteiger charge is 2.12. The van der Waals surface area contributed by atoms with E-state index in [4.69, 9.17) is 5.73 Å². The molecule has 2 aromatic heterocycles. The molecule has 0 atom stereocenters. The van der Waals surface area contributed by atoms with Crippen LogP contribution >= 0.6 is 11.3 Å². The molecule has 0 unspecified atom stereocenters. The first kappa shape index (κ1) is 20.3. The lowest BCUT2D eigenvalue weighted by Crippen LogP contribution is -2.16. The van der Waals surface area contributed by atoms with Crippen LogP contribution in [0.2, 0.25) is 0 Å². The van der Waals surface area contributed by atoms with Crippen LogP contribution in [0.15, 0.2) is 79.0 Å². The minimum absolute atomic E-state index is 0.137. The minimum atomic E-state index is -0.137. The number of carbonyl (C=O) groups is 1. The van der Waals surface area contributed by atoms with Crippen molar-refractivity contribution in [2.75, 3.05) is 17.6 Å². The number of para-hydroxylation sites is 3. The molecule has 5 nitrogen and oxygen atoms in total. The van der Waals surface area contributed by atoms with Gasteiger partial charge in [-0.05, 0) is 65.9 Å². The van der Waals surface area contributed by atoms with Gasteiger partial charge in [-0.15, -0.1) is 11.3 Å². The fraction of sp³-hybridized carbons (Fsp3) is 0.115. The highest BCUT2D eigenvalue weighted by Crippen LogP contribution is 2.28. The van der Waals surface area contributed by atoms with E-state index in [1.807, 2.05) is 24.3 Å². The Morgan fingerprint density at radius 2 is 1.84 bits per heavy atom. The average Bonchev–Trinajstić information content (AvgIpc) is 3.42. The largest absolute Gasteiger partial charge is 0.397 e. The summed E-state index contributed by atoms with van der Waals surface area (Å²) >= 11 is 1.49. The number of benzene rings is 3. The molecule has 3 aromatic carbocycles. The normalized spacial score (nSPS) is 11.2. The first-order chi connectivity index (χ1) is 15.7. The maximum absolute atomic E-state index is 12.7. The van der Waals surface area contributed by atoms with Crippen molar-refractivity contribution in [1.29, 1.82) is 0 Å². The number of aromatic nitrogens is 1. The number of hydrogen-bond acceptors (Lipinski definition) is 4. The molecule has 6 heteroatoms. The number of rotatable bonds is 7. The maximum atomic E-state index is 12.7. The molecular formula is C26H24N4OS. The van der Waals surface area contributed by atoms with Crippen LogP contribution < -0.4 is 16.4 Å². The summed E-state index contributed by atoms with van der Waals surface area (Å²) in [6, 6.07) is 24.0. The van der Waals surface area contributed by atoms with E-state index in [0.717, 1.165) is 29.6 Å². The monoisotopic (exact) mass is 440 g/mol. The second kappa shape index (κ2) is 8.86. The third-order valence-electron chi connectivity index (χ3n) is 5.59. The Labute approximate surface area is 190 Å². The van der Waals surface area contributed by atoms with Crippen molar-refractivity contribution in [1.82, 2.24) is 10.3 Å². The molecule has 0 bridgehead atoms. The summed E-state index contributed by atoms with van der Waals surface area (Å²) < 4.78 is 1.10. The van der Waals surface area contributed by atoms with Crippen LogP contribution in [0.5, 0.6) is 0 Å². The molecule has 1 amide bonds. The van der Waals surface area contributed by atoms with Gasteiger partial charge in [0.05, 0.1) is 16.3 Å². The van der Waals surface area contributed by atoms with Crippen molar-refractivity contribution < 1.29 is 4.79 Å². The van der Waals surface area contributed by atoms with Gasteiger partial charge in [0.1, 0.15) is 0 Å². The number of carbonyl (C=O) groups excluding carboxylic acids is 1. The number of nitrogens with two attached hydrogens (primary N) is 1. The number of hydrogen-bond donors (Lipinski definition) is 4. The molecule has 0 fully saturated rings. The molecule has 0 aliphatic carbocycles. The topological polar surface area (TPSA) is 82.9 Å². The van der Waals surface area contributed by atoms with Crippen molar-refractivity contribution in [3.05, 3.63) is 95.0 Å². The number of amides is 1. The molecule has 0 aliphatic rings. The second-order valence-electron chi connectivity index (χ2n) is 7.81. The zero-order valence-corrected chi connectivity index (χ0v) is 18.3. The SMILES string of the molecule is Nc1ccccc1NC(=O)c1cc2cc(CNCCc3c[nH]c4ccccc34)ccc2s1. The van der Waals surface area contributed by atoms with Crippen LogP contribution in [0.25, 0.3) is 21.0 Å². The van der Waals surface area contributed by atoms with E-state index in [2.05, 4.69) is 58.2 Å². The van der Waals surface area contributed by atoms with E-state index in [1.165, 1.54) is 33.4 Å². The van der Waals surface area contributed by atoms with Crippen molar-refractivity contribution in [2.45, 2.75) is 13.0 Å². The van der Waals surface area contributed by atoms with Gasteiger partial charge in [0, 0.05) is 28.3 Å². The quantitative estimate of drug-likeness (QED) is 0.198. The highest BCUT2D eigenvalue weighted by molar-refractivity contribution is 7.20. The maximum Gasteiger partial charge on any atom is 0.265 e. The Morgan fingerprint density at radius 1 is 1.00 bits per heavy atom. The van der Waals surface area contributed by atoms with Gasteiger partial charge in [-0.2, -0.15) is 0 Å². The molecule has 0 saturated heterocycles. The molecule has 5 N–H and O–H groups in total. The van der Waals surface area contributed by atoms with Crippen LogP contribution in [-0.2, 0) is 13.0 Å². The van der Waals surface area contributed by atoms with Crippen LogP contribution in [0.1, 0.15) is 20.8 Å². The van der Waals surface area contributed by atoms with Crippen molar-refractivity contribution in [3.8, 4) is 0 Å². The number of nitrogens with one attached hydrogen (secondary N) is 3. The predicted octanol–water partition coefficient (Wildman–Crippen LogP) is 5.55. The summed E-state index contributed by atoms with van der Waals surface area (Å²) in [6.07, 6.45) is 3.07. The number of nitrogen functional groups attached to an aromatic ring is 1. The lowest BCUT2D eigenvalue weighted by molar-refractivity contribution is 0.103. The number of fused-ring (bicyclic) bond motifs is 2. The van der Waals surface area contributed by atoms with Gasteiger partial charge >= 0.3 is 0 Å². The summed E-state index contributed by atoms with van der Waals surface area (Å²) in [5.41, 5.74) is 10.8. The van der Waals surface area contributed by atoms with Gasteiger partial charge in [0.15, 0.2) is 0 Å². The van der Waals surface area contributed by atoms with Crippen LogP contribution in [-0.4, -0.2) is 17.4 Å². The summed E-state index contributed by atoms with van der Waals surface area (Å²) in [4.78, 5) is 16.7. The van der Waals surface area contributed by atoms with E-state index in [1.54, 1.807) is 12.1 Å². The molecule has 2 heterocycles. The molecule has 5 rings (SSSR count). The van der Waals surface area contributed by atoms with Crippen molar-refractivity contribution in [3.63, 3.8) is 0 Å². The Morgan fingerprint density at radius 3 is 2.75 bits per heavy atom. The zero-order chi connectivity index (χ0) is 21.9. The molecule has 5 aromatic rings. The Balaban J connectivity index is 1.21. The number of thiophene rings is 1. The Kier molecular flexibility index (Phi) is 5.62. The summed E-state index contributed by atoms with van der Waals surface area (Å²) in [6.45, 7) is 1.69. The Hall–Kier alpha value is -3.61. The third-order valence-corrected chi connectivity index (χ3v) is 6.70. The smallest absolute Gasteiger partial charge is 0.265 e. The molecule has 0 saturated carbocycles. The number of aromatic amines is 1. The summed E-state index contributed by atoms with van der Waals surface area (Å²) in [7, 11) is 0. The van der Waals surface area contributed by atoms with Gasteiger partial charge in [-0.3, -0.25) is 4.79 Å². The molecular weight excluding hydrogens is 416 g/mol. The third kappa shape index (κ3) is 4.23.